The van der Waals surface area contributed by atoms with Gasteiger partial charge in [-0.2, -0.15) is 4.98 Å². The third-order valence-electron chi connectivity index (χ3n) is 6.64. The first-order chi connectivity index (χ1) is 17.6. The standard InChI is InChI=1S/C28H33N5O4/c1-28(2,3)37-27(35)32-12-10-20(11-13-32)36-21-14-18(15-21)8-9-19-16-33-17-23(30-26(33)31-25(19)29)22-6-4-5-7-24(22)34/h4-7,16-18,20-21,34H,10-15H2,1-3H3,(H2,29,30,31)/t18-,21-. The molecule has 3 aromatic rings. The number of aromatic nitrogens is 3. The Labute approximate surface area is 216 Å². The van der Waals surface area contributed by atoms with Gasteiger partial charge < -0.3 is 25.2 Å². The highest BCUT2D eigenvalue weighted by atomic mass is 16.6. The third kappa shape index (κ3) is 5.81. The molecular weight excluding hydrogens is 470 g/mol. The van der Waals surface area contributed by atoms with Gasteiger partial charge in [-0.15, -0.1) is 0 Å². The van der Waals surface area contributed by atoms with Crippen LogP contribution in [0.25, 0.3) is 17.0 Å². The van der Waals surface area contributed by atoms with Crippen LogP contribution < -0.4 is 5.73 Å². The Kier molecular flexibility index (Phi) is 6.69. The summed E-state index contributed by atoms with van der Waals surface area (Å²) in [6.07, 6.45) is 7.17. The van der Waals surface area contributed by atoms with Crippen molar-refractivity contribution >= 4 is 17.7 Å². The first-order valence-electron chi connectivity index (χ1n) is 12.7. The predicted molar refractivity (Wildman–Crippen MR) is 140 cm³/mol. The maximum absolute atomic E-state index is 12.2. The molecule has 1 saturated carbocycles. The Morgan fingerprint density at radius 3 is 2.54 bits per heavy atom. The van der Waals surface area contributed by atoms with Gasteiger partial charge in [0.1, 0.15) is 17.2 Å². The van der Waals surface area contributed by atoms with E-state index in [0.717, 1.165) is 25.7 Å². The van der Waals surface area contributed by atoms with Gasteiger partial charge in [0, 0.05) is 37.0 Å². The number of likely N-dealkylation sites (tertiary alicyclic amines) is 1. The number of para-hydroxylation sites is 1. The fraction of sp³-hybridized carbons (Fsp3) is 0.464. The highest BCUT2D eigenvalue weighted by Gasteiger charge is 2.33. The Morgan fingerprint density at radius 2 is 1.84 bits per heavy atom. The van der Waals surface area contributed by atoms with Crippen molar-refractivity contribution < 1.29 is 19.4 Å². The lowest BCUT2D eigenvalue weighted by atomic mass is 9.82. The number of ether oxygens (including phenoxy) is 2. The summed E-state index contributed by atoms with van der Waals surface area (Å²) in [7, 11) is 0. The number of nitrogens with two attached hydrogens (primary N) is 1. The Bertz CT molecular complexity index is 1350. The number of imidazole rings is 1. The van der Waals surface area contributed by atoms with E-state index in [1.165, 1.54) is 0 Å². The average molecular weight is 504 g/mol. The van der Waals surface area contributed by atoms with Crippen LogP contribution in [-0.2, 0) is 9.47 Å². The molecule has 1 aliphatic heterocycles. The molecular formula is C28H33N5O4. The minimum Gasteiger partial charge on any atom is -0.507 e. The number of phenolic OH excluding ortho intramolecular Hbond substituents is 1. The number of nitrogen functional groups attached to an aromatic ring is 1. The van der Waals surface area contributed by atoms with Gasteiger partial charge in [-0.3, -0.25) is 4.40 Å². The minimum atomic E-state index is -0.479. The molecule has 1 aromatic carbocycles. The van der Waals surface area contributed by atoms with E-state index in [4.69, 9.17) is 15.2 Å². The Morgan fingerprint density at radius 1 is 1.11 bits per heavy atom. The van der Waals surface area contributed by atoms with Crippen LogP contribution in [0.5, 0.6) is 5.75 Å². The van der Waals surface area contributed by atoms with E-state index in [0.29, 0.717) is 41.5 Å². The lowest BCUT2D eigenvalue weighted by Gasteiger charge is -2.38. The van der Waals surface area contributed by atoms with Crippen LogP contribution in [-0.4, -0.2) is 61.4 Å². The monoisotopic (exact) mass is 503 g/mol. The first-order valence-corrected chi connectivity index (χ1v) is 12.7. The average Bonchev–Trinajstić information content (AvgIpc) is 3.22. The lowest BCUT2D eigenvalue weighted by molar-refractivity contribution is -0.0848. The molecule has 2 fully saturated rings. The lowest BCUT2D eigenvalue weighted by Crippen LogP contribution is -2.45. The van der Waals surface area contributed by atoms with E-state index in [9.17, 15) is 9.90 Å². The molecule has 9 nitrogen and oxygen atoms in total. The van der Waals surface area contributed by atoms with Crippen LogP contribution in [0.15, 0.2) is 36.7 Å². The molecule has 0 atom stereocenters. The number of piperidine rings is 1. The number of rotatable bonds is 3. The zero-order chi connectivity index (χ0) is 26.2. The van der Waals surface area contributed by atoms with E-state index >= 15 is 0 Å². The summed E-state index contributed by atoms with van der Waals surface area (Å²) in [5, 5.41) is 10.1. The molecule has 2 aliphatic rings. The predicted octanol–water partition coefficient (Wildman–Crippen LogP) is 4.23. The minimum absolute atomic E-state index is 0.161. The zero-order valence-electron chi connectivity index (χ0n) is 21.5. The van der Waals surface area contributed by atoms with E-state index in [1.54, 1.807) is 27.5 Å². The van der Waals surface area contributed by atoms with Gasteiger partial charge in [0.2, 0.25) is 5.78 Å². The summed E-state index contributed by atoms with van der Waals surface area (Å²) in [4.78, 5) is 22.9. The molecule has 0 bridgehead atoms. The van der Waals surface area contributed by atoms with E-state index < -0.39 is 5.60 Å². The van der Waals surface area contributed by atoms with Crippen molar-refractivity contribution in [2.45, 2.75) is 64.3 Å². The summed E-state index contributed by atoms with van der Waals surface area (Å²) >= 11 is 0. The van der Waals surface area contributed by atoms with Crippen molar-refractivity contribution in [2.24, 2.45) is 5.92 Å². The molecule has 2 aromatic heterocycles. The smallest absolute Gasteiger partial charge is 0.410 e. The summed E-state index contributed by atoms with van der Waals surface area (Å²) in [6.45, 7) is 6.96. The van der Waals surface area contributed by atoms with Crippen molar-refractivity contribution in [1.82, 2.24) is 19.3 Å². The number of nitrogens with zero attached hydrogens (tertiary/aromatic N) is 4. The van der Waals surface area contributed by atoms with Crippen molar-refractivity contribution in [1.29, 1.82) is 0 Å². The number of fused-ring (bicyclic) bond motifs is 1. The SMILES string of the molecule is CC(C)(C)OC(=O)N1CCC(O[C@H]2C[C@H](C#Cc3cn4cc(-c5ccccc5O)nc4nc3N)C2)CC1. The Balaban J connectivity index is 1.13. The maximum atomic E-state index is 12.2. The van der Waals surface area contributed by atoms with E-state index in [-0.39, 0.29) is 30.0 Å². The third-order valence-corrected chi connectivity index (χ3v) is 6.64. The summed E-state index contributed by atoms with van der Waals surface area (Å²) < 4.78 is 13.5. The van der Waals surface area contributed by atoms with E-state index in [2.05, 4.69) is 21.8 Å². The van der Waals surface area contributed by atoms with Crippen LogP contribution in [0.3, 0.4) is 0 Å². The molecule has 1 saturated heterocycles. The quantitative estimate of drug-likeness (QED) is 0.514. The second-order valence-electron chi connectivity index (χ2n) is 10.8. The van der Waals surface area contributed by atoms with Gasteiger partial charge in [0.15, 0.2) is 0 Å². The number of carbonyl (C=O) groups is 1. The van der Waals surface area contributed by atoms with Gasteiger partial charge in [-0.1, -0.05) is 24.0 Å². The van der Waals surface area contributed by atoms with Crippen LogP contribution >= 0.6 is 0 Å². The molecule has 3 heterocycles. The first kappa shape index (κ1) is 24.9. The van der Waals surface area contributed by atoms with Crippen molar-refractivity contribution in [3.8, 4) is 28.8 Å². The molecule has 0 unspecified atom stereocenters. The molecule has 1 aliphatic carbocycles. The second-order valence-corrected chi connectivity index (χ2v) is 10.8. The molecule has 194 valence electrons. The second kappa shape index (κ2) is 9.94. The van der Waals surface area contributed by atoms with Crippen LogP contribution in [0.4, 0.5) is 10.6 Å². The number of anilines is 1. The van der Waals surface area contributed by atoms with Crippen molar-refractivity contribution in [2.75, 3.05) is 18.8 Å². The highest BCUT2D eigenvalue weighted by molar-refractivity contribution is 5.69. The molecule has 5 rings (SSSR count). The van der Waals surface area contributed by atoms with Crippen LogP contribution in [0.2, 0.25) is 0 Å². The number of benzene rings is 1. The number of hydrogen-bond acceptors (Lipinski definition) is 7. The van der Waals surface area contributed by atoms with Crippen molar-refractivity contribution in [3.63, 3.8) is 0 Å². The van der Waals surface area contributed by atoms with Gasteiger partial charge in [0.05, 0.1) is 23.5 Å². The summed E-state index contributed by atoms with van der Waals surface area (Å²) in [5.74, 6) is 7.68. The highest BCUT2D eigenvalue weighted by Crippen LogP contribution is 2.33. The number of amides is 1. The Hall–Kier alpha value is -3.77. The van der Waals surface area contributed by atoms with Gasteiger partial charge >= 0.3 is 6.09 Å². The largest absolute Gasteiger partial charge is 0.507 e. The normalized spacial score (nSPS) is 20.2. The number of phenols is 1. The number of aromatic hydroxyl groups is 1. The molecule has 0 radical (unpaired) electrons. The molecule has 3 N–H and O–H groups in total. The number of hydrogen-bond donors (Lipinski definition) is 2. The zero-order valence-corrected chi connectivity index (χ0v) is 21.5. The van der Waals surface area contributed by atoms with Gasteiger partial charge in [-0.05, 0) is 58.6 Å². The summed E-state index contributed by atoms with van der Waals surface area (Å²) in [5.41, 5.74) is 7.57. The van der Waals surface area contributed by atoms with Crippen molar-refractivity contribution in [3.05, 3.63) is 42.2 Å². The summed E-state index contributed by atoms with van der Waals surface area (Å²) in [6, 6.07) is 7.05. The van der Waals surface area contributed by atoms with Crippen LogP contribution in [0.1, 0.15) is 52.0 Å². The topological polar surface area (TPSA) is 115 Å². The van der Waals surface area contributed by atoms with Gasteiger partial charge in [-0.25, -0.2) is 9.78 Å². The van der Waals surface area contributed by atoms with Crippen LogP contribution in [0, 0.1) is 17.8 Å². The van der Waals surface area contributed by atoms with Gasteiger partial charge in [0.25, 0.3) is 0 Å². The molecule has 9 heteroatoms. The van der Waals surface area contributed by atoms with E-state index in [1.807, 2.05) is 39.2 Å². The molecule has 0 spiro atoms. The fourth-order valence-electron chi connectivity index (χ4n) is 4.60. The maximum Gasteiger partial charge on any atom is 0.410 e. The fourth-order valence-corrected chi connectivity index (χ4v) is 4.60. The molecule has 1 amide bonds. The number of carbonyl (C=O) groups excluding carboxylic acids is 1. The molecule has 37 heavy (non-hydrogen) atoms.